The lowest BCUT2D eigenvalue weighted by Gasteiger charge is -2.32. The first-order valence-electron chi connectivity index (χ1n) is 6.35. The van der Waals surface area contributed by atoms with E-state index in [-0.39, 0.29) is 5.78 Å². The highest BCUT2D eigenvalue weighted by Crippen LogP contribution is 2.09. The molecule has 0 radical (unpaired) electrons. The van der Waals surface area contributed by atoms with Crippen LogP contribution in [0.2, 0.25) is 0 Å². The van der Waals surface area contributed by atoms with Gasteiger partial charge in [0.15, 0.2) is 5.78 Å². The Kier molecular flexibility index (Phi) is 4.28. The molecule has 0 saturated carbocycles. The maximum absolute atomic E-state index is 12.1. The average molecular weight is 244 g/mol. The molecule has 0 aliphatic carbocycles. The van der Waals surface area contributed by atoms with Crippen LogP contribution in [0.25, 0.3) is 0 Å². The van der Waals surface area contributed by atoms with Crippen LogP contribution in [-0.2, 0) is 0 Å². The highest BCUT2D eigenvalue weighted by Gasteiger charge is 2.17. The van der Waals surface area contributed by atoms with Gasteiger partial charge in [0.25, 0.3) is 0 Å². The summed E-state index contributed by atoms with van der Waals surface area (Å²) in [5.41, 5.74) is 1.42. The molecule has 3 nitrogen and oxygen atoms in total. The van der Waals surface area contributed by atoms with Crippen molar-refractivity contribution in [1.82, 2.24) is 9.80 Å². The van der Waals surface area contributed by atoms with E-state index >= 15 is 0 Å². The molecule has 1 saturated heterocycles. The molecule has 0 amide bonds. The molecule has 1 aliphatic heterocycles. The highest BCUT2D eigenvalue weighted by atomic mass is 16.1. The molecular formula is C15H20N2O. The first kappa shape index (κ1) is 13.0. The van der Waals surface area contributed by atoms with Crippen molar-refractivity contribution in [2.75, 3.05) is 39.8 Å². The second-order valence-corrected chi connectivity index (χ2v) is 4.88. The molecule has 0 aromatic heterocycles. The lowest BCUT2D eigenvalue weighted by atomic mass is 10.0. The standard InChI is InChI=1S/C15H20N2O/c1-13(12-17-10-8-16(2)9-11-17)15(18)14-6-4-3-5-7-14/h3-7H,1,8-12H2,2H3. The van der Waals surface area contributed by atoms with Crippen molar-refractivity contribution in [2.45, 2.75) is 0 Å². The summed E-state index contributed by atoms with van der Waals surface area (Å²) < 4.78 is 0. The van der Waals surface area contributed by atoms with Gasteiger partial charge < -0.3 is 4.90 Å². The summed E-state index contributed by atoms with van der Waals surface area (Å²) in [5, 5.41) is 0. The normalized spacial score (nSPS) is 17.6. The maximum Gasteiger partial charge on any atom is 0.189 e. The fourth-order valence-electron chi connectivity index (χ4n) is 2.14. The predicted molar refractivity (Wildman–Crippen MR) is 73.8 cm³/mol. The lowest BCUT2D eigenvalue weighted by molar-refractivity contribution is 0.101. The van der Waals surface area contributed by atoms with E-state index in [2.05, 4.69) is 23.4 Å². The lowest BCUT2D eigenvalue weighted by Crippen LogP contribution is -2.45. The van der Waals surface area contributed by atoms with E-state index in [1.54, 1.807) is 0 Å². The molecule has 0 unspecified atom stereocenters. The molecule has 0 N–H and O–H groups in total. The van der Waals surface area contributed by atoms with Crippen LogP contribution in [0.3, 0.4) is 0 Å². The summed E-state index contributed by atoms with van der Waals surface area (Å²) >= 11 is 0. The van der Waals surface area contributed by atoms with Crippen LogP contribution in [-0.4, -0.2) is 55.4 Å². The summed E-state index contributed by atoms with van der Waals surface area (Å²) in [6, 6.07) is 9.38. The Balaban J connectivity index is 1.90. The van der Waals surface area contributed by atoms with Gasteiger partial charge in [0.05, 0.1) is 0 Å². The number of carbonyl (C=O) groups excluding carboxylic acids is 1. The van der Waals surface area contributed by atoms with Crippen molar-refractivity contribution in [3.05, 3.63) is 48.0 Å². The van der Waals surface area contributed by atoms with Gasteiger partial charge in [-0.3, -0.25) is 9.69 Å². The van der Waals surface area contributed by atoms with Gasteiger partial charge in [-0.25, -0.2) is 0 Å². The summed E-state index contributed by atoms with van der Waals surface area (Å²) in [6.45, 7) is 8.77. The van der Waals surface area contributed by atoms with E-state index in [0.29, 0.717) is 12.1 Å². The predicted octanol–water partition coefficient (Wildman–Crippen LogP) is 1.67. The number of hydrogen-bond acceptors (Lipinski definition) is 3. The molecule has 96 valence electrons. The van der Waals surface area contributed by atoms with E-state index in [1.807, 2.05) is 30.3 Å². The molecule has 1 fully saturated rings. The monoisotopic (exact) mass is 244 g/mol. The Morgan fingerprint density at radius 3 is 2.39 bits per heavy atom. The quantitative estimate of drug-likeness (QED) is 0.594. The zero-order valence-corrected chi connectivity index (χ0v) is 10.9. The number of ketones is 1. The summed E-state index contributed by atoms with van der Waals surface area (Å²) in [7, 11) is 2.13. The fraction of sp³-hybridized carbons (Fsp3) is 0.400. The second kappa shape index (κ2) is 5.94. The molecule has 1 aromatic rings. The number of rotatable bonds is 4. The number of Topliss-reactive ketones (excluding diaryl/α,β-unsaturated/α-hetero) is 1. The van der Waals surface area contributed by atoms with E-state index in [0.717, 1.165) is 31.7 Å². The van der Waals surface area contributed by atoms with E-state index in [9.17, 15) is 4.79 Å². The number of nitrogens with zero attached hydrogens (tertiary/aromatic N) is 2. The zero-order valence-electron chi connectivity index (χ0n) is 10.9. The van der Waals surface area contributed by atoms with E-state index in [4.69, 9.17) is 0 Å². The minimum absolute atomic E-state index is 0.0644. The Morgan fingerprint density at radius 1 is 1.17 bits per heavy atom. The first-order chi connectivity index (χ1) is 8.66. The van der Waals surface area contributed by atoms with Crippen molar-refractivity contribution >= 4 is 5.78 Å². The smallest absolute Gasteiger partial charge is 0.189 e. The zero-order chi connectivity index (χ0) is 13.0. The minimum Gasteiger partial charge on any atom is -0.304 e. The van der Waals surface area contributed by atoms with Crippen LogP contribution in [0.4, 0.5) is 0 Å². The summed E-state index contributed by atoms with van der Waals surface area (Å²) in [5.74, 6) is 0.0644. The molecule has 1 heterocycles. The number of hydrogen-bond donors (Lipinski definition) is 0. The van der Waals surface area contributed by atoms with Crippen molar-refractivity contribution in [2.24, 2.45) is 0 Å². The van der Waals surface area contributed by atoms with Gasteiger partial charge in [-0.2, -0.15) is 0 Å². The summed E-state index contributed by atoms with van der Waals surface area (Å²) in [6.07, 6.45) is 0. The second-order valence-electron chi connectivity index (χ2n) is 4.88. The van der Waals surface area contributed by atoms with Gasteiger partial charge in [-0.1, -0.05) is 36.9 Å². The molecular weight excluding hydrogens is 224 g/mol. The third kappa shape index (κ3) is 3.28. The van der Waals surface area contributed by atoms with Gasteiger partial charge in [-0.05, 0) is 7.05 Å². The molecule has 2 rings (SSSR count). The third-order valence-corrected chi connectivity index (χ3v) is 3.37. The van der Waals surface area contributed by atoms with Gasteiger partial charge in [0.1, 0.15) is 0 Å². The topological polar surface area (TPSA) is 23.6 Å². The van der Waals surface area contributed by atoms with Crippen molar-refractivity contribution in [3.63, 3.8) is 0 Å². The Hall–Kier alpha value is -1.45. The van der Waals surface area contributed by atoms with Crippen LogP contribution in [0, 0.1) is 0 Å². The van der Waals surface area contributed by atoms with Crippen LogP contribution in [0.1, 0.15) is 10.4 Å². The first-order valence-corrected chi connectivity index (χ1v) is 6.35. The van der Waals surface area contributed by atoms with E-state index in [1.165, 1.54) is 0 Å². The van der Waals surface area contributed by atoms with Crippen LogP contribution < -0.4 is 0 Å². The summed E-state index contributed by atoms with van der Waals surface area (Å²) in [4.78, 5) is 16.7. The number of piperazine rings is 1. The van der Waals surface area contributed by atoms with Gasteiger partial charge in [-0.15, -0.1) is 0 Å². The van der Waals surface area contributed by atoms with E-state index < -0.39 is 0 Å². The van der Waals surface area contributed by atoms with Crippen LogP contribution >= 0.6 is 0 Å². The number of carbonyl (C=O) groups is 1. The van der Waals surface area contributed by atoms with Gasteiger partial charge >= 0.3 is 0 Å². The molecule has 1 aromatic carbocycles. The van der Waals surface area contributed by atoms with Gasteiger partial charge in [0.2, 0.25) is 0 Å². The van der Waals surface area contributed by atoms with Gasteiger partial charge in [0, 0.05) is 43.9 Å². The van der Waals surface area contributed by atoms with Crippen molar-refractivity contribution in [3.8, 4) is 0 Å². The SMILES string of the molecule is C=C(CN1CCN(C)CC1)C(=O)c1ccccc1. The maximum atomic E-state index is 12.1. The highest BCUT2D eigenvalue weighted by molar-refractivity contribution is 6.08. The van der Waals surface area contributed by atoms with Crippen LogP contribution in [0.15, 0.2) is 42.5 Å². The Labute approximate surface area is 109 Å². The van der Waals surface area contributed by atoms with Crippen molar-refractivity contribution < 1.29 is 4.79 Å². The Bertz CT molecular complexity index is 419. The molecule has 0 bridgehead atoms. The van der Waals surface area contributed by atoms with Crippen molar-refractivity contribution in [1.29, 1.82) is 0 Å². The molecule has 1 aliphatic rings. The molecule has 0 atom stereocenters. The fourth-order valence-corrected chi connectivity index (χ4v) is 2.14. The average Bonchev–Trinajstić information content (AvgIpc) is 2.41. The minimum atomic E-state index is 0.0644. The third-order valence-electron chi connectivity index (χ3n) is 3.37. The van der Waals surface area contributed by atoms with Crippen LogP contribution in [0.5, 0.6) is 0 Å². The number of benzene rings is 1. The molecule has 3 heteroatoms. The molecule has 0 spiro atoms. The largest absolute Gasteiger partial charge is 0.304 e. The Morgan fingerprint density at radius 2 is 1.78 bits per heavy atom. The number of likely N-dealkylation sites (N-methyl/N-ethyl adjacent to an activating group) is 1. The molecule has 18 heavy (non-hydrogen) atoms.